The van der Waals surface area contributed by atoms with Gasteiger partial charge in [-0.05, 0) is 33.6 Å². The van der Waals surface area contributed by atoms with E-state index in [1.807, 2.05) is 20.8 Å². The predicted octanol–water partition coefficient (Wildman–Crippen LogP) is 3.50. The van der Waals surface area contributed by atoms with Gasteiger partial charge in [0.2, 0.25) is 5.91 Å². The standard InChI is InChI=1S/C12H19BrN2OS/c1-8-12(17-10(3)14-8)9(2)15-11(16)6-4-5-7-13/h9H,4-7H2,1-3H3,(H,15,16). The number of hydrogen-bond acceptors (Lipinski definition) is 3. The lowest BCUT2D eigenvalue weighted by atomic mass is 10.2. The summed E-state index contributed by atoms with van der Waals surface area (Å²) in [5.41, 5.74) is 1.03. The molecule has 0 spiro atoms. The van der Waals surface area contributed by atoms with Crippen molar-refractivity contribution in [2.24, 2.45) is 0 Å². The molecule has 1 atom stereocenters. The Hall–Kier alpha value is -0.420. The average molecular weight is 319 g/mol. The smallest absolute Gasteiger partial charge is 0.220 e. The molecule has 1 N–H and O–H groups in total. The molecule has 3 nitrogen and oxygen atoms in total. The number of rotatable bonds is 6. The third-order valence-corrected chi connectivity index (χ3v) is 4.31. The summed E-state index contributed by atoms with van der Waals surface area (Å²) in [7, 11) is 0. The van der Waals surface area contributed by atoms with E-state index in [2.05, 4.69) is 26.2 Å². The van der Waals surface area contributed by atoms with Gasteiger partial charge in [0.25, 0.3) is 0 Å². The summed E-state index contributed by atoms with van der Waals surface area (Å²) in [5.74, 6) is 0.129. The van der Waals surface area contributed by atoms with Crippen LogP contribution in [0.15, 0.2) is 0 Å². The van der Waals surface area contributed by atoms with Gasteiger partial charge in [0, 0.05) is 16.6 Å². The molecule has 1 rings (SSSR count). The van der Waals surface area contributed by atoms with Gasteiger partial charge in [-0.25, -0.2) is 4.98 Å². The van der Waals surface area contributed by atoms with Crippen LogP contribution < -0.4 is 5.32 Å². The number of nitrogens with zero attached hydrogens (tertiary/aromatic N) is 1. The van der Waals surface area contributed by atoms with Crippen LogP contribution in [0.5, 0.6) is 0 Å². The van der Waals surface area contributed by atoms with Gasteiger partial charge in [-0.15, -0.1) is 11.3 Å². The number of unbranched alkanes of at least 4 members (excludes halogenated alkanes) is 1. The Morgan fingerprint density at radius 3 is 2.71 bits per heavy atom. The highest BCUT2D eigenvalue weighted by molar-refractivity contribution is 9.09. The van der Waals surface area contributed by atoms with E-state index in [1.54, 1.807) is 11.3 Å². The fourth-order valence-electron chi connectivity index (χ4n) is 1.71. The molecule has 96 valence electrons. The summed E-state index contributed by atoms with van der Waals surface area (Å²) < 4.78 is 0. The van der Waals surface area contributed by atoms with Crippen LogP contribution in [0.25, 0.3) is 0 Å². The van der Waals surface area contributed by atoms with Gasteiger partial charge in [0.15, 0.2) is 0 Å². The number of nitrogens with one attached hydrogen (secondary N) is 1. The molecule has 0 saturated carbocycles. The van der Waals surface area contributed by atoms with Gasteiger partial charge in [0.05, 0.1) is 16.7 Å². The van der Waals surface area contributed by atoms with E-state index in [0.29, 0.717) is 6.42 Å². The highest BCUT2D eigenvalue weighted by Crippen LogP contribution is 2.24. The highest BCUT2D eigenvalue weighted by atomic mass is 79.9. The quantitative estimate of drug-likeness (QED) is 0.644. The first kappa shape index (κ1) is 14.6. The minimum absolute atomic E-state index is 0.0673. The van der Waals surface area contributed by atoms with Crippen molar-refractivity contribution >= 4 is 33.2 Å². The van der Waals surface area contributed by atoms with Crippen molar-refractivity contribution in [3.63, 3.8) is 0 Å². The van der Waals surface area contributed by atoms with Crippen LogP contribution in [0.1, 0.15) is 47.8 Å². The number of amides is 1. The number of aromatic nitrogens is 1. The van der Waals surface area contributed by atoms with Gasteiger partial charge >= 0.3 is 0 Å². The number of halogens is 1. The minimum atomic E-state index is 0.0673. The molecule has 17 heavy (non-hydrogen) atoms. The van der Waals surface area contributed by atoms with E-state index in [4.69, 9.17) is 0 Å². The van der Waals surface area contributed by atoms with E-state index in [9.17, 15) is 4.79 Å². The summed E-state index contributed by atoms with van der Waals surface area (Å²) in [6.07, 6.45) is 2.58. The summed E-state index contributed by atoms with van der Waals surface area (Å²) in [6.45, 7) is 6.00. The zero-order valence-corrected chi connectivity index (χ0v) is 12.9. The van der Waals surface area contributed by atoms with Gasteiger partial charge < -0.3 is 5.32 Å². The van der Waals surface area contributed by atoms with Gasteiger partial charge in [0.1, 0.15) is 0 Å². The molecule has 0 saturated heterocycles. The van der Waals surface area contributed by atoms with Crippen LogP contribution in [-0.4, -0.2) is 16.2 Å². The molecular weight excluding hydrogens is 300 g/mol. The number of carbonyl (C=O) groups is 1. The molecule has 0 aliphatic carbocycles. The number of hydrogen-bond donors (Lipinski definition) is 1. The highest BCUT2D eigenvalue weighted by Gasteiger charge is 2.14. The molecule has 1 unspecified atom stereocenters. The molecule has 0 aliphatic heterocycles. The van der Waals surface area contributed by atoms with Crippen molar-refractivity contribution in [2.75, 3.05) is 5.33 Å². The molecule has 1 aromatic rings. The van der Waals surface area contributed by atoms with Gasteiger partial charge in [-0.1, -0.05) is 15.9 Å². The van der Waals surface area contributed by atoms with E-state index in [-0.39, 0.29) is 11.9 Å². The fraction of sp³-hybridized carbons (Fsp3) is 0.667. The Bertz CT molecular complexity index is 379. The Morgan fingerprint density at radius 1 is 1.47 bits per heavy atom. The largest absolute Gasteiger partial charge is 0.349 e. The second-order valence-electron chi connectivity index (χ2n) is 4.12. The molecule has 0 fully saturated rings. The van der Waals surface area contributed by atoms with Gasteiger partial charge in [-0.3, -0.25) is 4.79 Å². The van der Waals surface area contributed by atoms with Crippen LogP contribution in [0.2, 0.25) is 0 Å². The van der Waals surface area contributed by atoms with Crippen molar-refractivity contribution in [2.45, 2.75) is 46.1 Å². The molecule has 0 radical (unpaired) electrons. The topological polar surface area (TPSA) is 42.0 Å². The second kappa shape index (κ2) is 7.11. The average Bonchev–Trinajstić information content (AvgIpc) is 2.58. The summed E-state index contributed by atoms with van der Waals surface area (Å²) in [6, 6.07) is 0.0673. The minimum Gasteiger partial charge on any atom is -0.349 e. The molecule has 5 heteroatoms. The van der Waals surface area contributed by atoms with E-state index in [1.165, 1.54) is 0 Å². The first-order valence-electron chi connectivity index (χ1n) is 5.84. The lowest BCUT2D eigenvalue weighted by Gasteiger charge is -2.12. The molecular formula is C12H19BrN2OS. The number of carbonyl (C=O) groups excluding carboxylic acids is 1. The predicted molar refractivity (Wildman–Crippen MR) is 75.8 cm³/mol. The van der Waals surface area contributed by atoms with E-state index in [0.717, 1.165) is 33.8 Å². The molecule has 0 aromatic carbocycles. The van der Waals surface area contributed by atoms with Crippen LogP contribution in [-0.2, 0) is 4.79 Å². The number of alkyl halides is 1. The third-order valence-electron chi connectivity index (χ3n) is 2.50. The number of thiazole rings is 1. The Balaban J connectivity index is 2.46. The molecule has 0 aliphatic rings. The Kier molecular flexibility index (Phi) is 6.12. The maximum absolute atomic E-state index is 11.7. The van der Waals surface area contributed by atoms with Crippen molar-refractivity contribution < 1.29 is 4.79 Å². The lowest BCUT2D eigenvalue weighted by Crippen LogP contribution is -2.26. The summed E-state index contributed by atoms with van der Waals surface area (Å²) in [4.78, 5) is 17.2. The van der Waals surface area contributed by atoms with Crippen molar-refractivity contribution in [1.82, 2.24) is 10.3 Å². The first-order valence-corrected chi connectivity index (χ1v) is 7.77. The summed E-state index contributed by atoms with van der Waals surface area (Å²) >= 11 is 5.02. The lowest BCUT2D eigenvalue weighted by molar-refractivity contribution is -0.121. The molecule has 1 heterocycles. The van der Waals surface area contributed by atoms with E-state index < -0.39 is 0 Å². The van der Waals surface area contributed by atoms with Crippen LogP contribution in [0.3, 0.4) is 0 Å². The summed E-state index contributed by atoms with van der Waals surface area (Å²) in [5, 5.41) is 5.04. The Morgan fingerprint density at radius 2 is 2.18 bits per heavy atom. The zero-order valence-electron chi connectivity index (χ0n) is 10.5. The molecule has 1 amide bonds. The van der Waals surface area contributed by atoms with Crippen LogP contribution >= 0.6 is 27.3 Å². The molecule has 0 bridgehead atoms. The number of aryl methyl sites for hydroxylation is 2. The van der Waals surface area contributed by atoms with Crippen molar-refractivity contribution in [3.05, 3.63) is 15.6 Å². The van der Waals surface area contributed by atoms with Crippen LogP contribution in [0.4, 0.5) is 0 Å². The Labute approximate surface area is 115 Å². The zero-order chi connectivity index (χ0) is 12.8. The van der Waals surface area contributed by atoms with Crippen molar-refractivity contribution in [1.29, 1.82) is 0 Å². The maximum atomic E-state index is 11.7. The van der Waals surface area contributed by atoms with E-state index >= 15 is 0 Å². The third kappa shape index (κ3) is 4.76. The molecule has 1 aromatic heterocycles. The monoisotopic (exact) mass is 318 g/mol. The normalized spacial score (nSPS) is 12.5. The SMILES string of the molecule is Cc1nc(C)c(C(C)NC(=O)CCCCBr)s1. The van der Waals surface area contributed by atoms with Gasteiger partial charge in [-0.2, -0.15) is 0 Å². The first-order chi connectivity index (χ1) is 8.04. The van der Waals surface area contributed by atoms with Crippen LogP contribution in [0, 0.1) is 13.8 Å². The fourth-order valence-corrected chi connectivity index (χ4v) is 3.03. The van der Waals surface area contributed by atoms with Crippen molar-refractivity contribution in [3.8, 4) is 0 Å². The maximum Gasteiger partial charge on any atom is 0.220 e. The second-order valence-corrected chi connectivity index (χ2v) is 6.15.